The molecule has 0 spiro atoms. The number of amides is 1. The number of anilines is 1. The lowest BCUT2D eigenvalue weighted by molar-refractivity contribution is 0.0747. The maximum absolute atomic E-state index is 12.6. The quantitative estimate of drug-likeness (QED) is 0.872. The van der Waals surface area contributed by atoms with Gasteiger partial charge in [-0.15, -0.1) is 0 Å². The number of hydrogen-bond acceptors (Lipinski definition) is 4. The van der Waals surface area contributed by atoms with E-state index in [0.717, 1.165) is 30.8 Å². The van der Waals surface area contributed by atoms with Gasteiger partial charge in [0, 0.05) is 31.7 Å². The molecule has 0 radical (unpaired) electrons. The molecule has 1 aliphatic heterocycles. The summed E-state index contributed by atoms with van der Waals surface area (Å²) in [5.41, 5.74) is 3.40. The molecule has 5 nitrogen and oxygen atoms in total. The van der Waals surface area contributed by atoms with Gasteiger partial charge in [0.05, 0.1) is 11.9 Å². The van der Waals surface area contributed by atoms with Gasteiger partial charge in [-0.2, -0.15) is 5.26 Å². The summed E-state index contributed by atoms with van der Waals surface area (Å²) >= 11 is 0. The highest BCUT2D eigenvalue weighted by Crippen LogP contribution is 2.17. The van der Waals surface area contributed by atoms with Crippen molar-refractivity contribution in [1.29, 1.82) is 5.26 Å². The zero-order valence-electron chi connectivity index (χ0n) is 13.8. The number of aryl methyl sites for hydroxylation is 1. The van der Waals surface area contributed by atoms with Crippen LogP contribution in [-0.2, 0) is 6.42 Å². The predicted octanol–water partition coefficient (Wildman–Crippen LogP) is 2.48. The van der Waals surface area contributed by atoms with E-state index >= 15 is 0 Å². The summed E-state index contributed by atoms with van der Waals surface area (Å²) in [6, 6.07) is 13.5. The molecular formula is C19H20N4O. The number of carbonyl (C=O) groups excluding carboxylic acids is 1. The lowest BCUT2D eigenvalue weighted by Crippen LogP contribution is -2.48. The van der Waals surface area contributed by atoms with Crippen LogP contribution in [0.3, 0.4) is 0 Å². The Balaban J connectivity index is 1.61. The Morgan fingerprint density at radius 1 is 1.12 bits per heavy atom. The molecule has 0 bridgehead atoms. The summed E-state index contributed by atoms with van der Waals surface area (Å²) in [6.07, 6.45) is 2.70. The fourth-order valence-electron chi connectivity index (χ4n) is 2.87. The first-order valence-electron chi connectivity index (χ1n) is 8.20. The van der Waals surface area contributed by atoms with Crippen molar-refractivity contribution in [3.63, 3.8) is 0 Å². The SMILES string of the molecule is CCc1ccc(C(=O)N2CCN(c3ccc(C#N)nc3)CC2)cc1. The van der Waals surface area contributed by atoms with Crippen molar-refractivity contribution < 1.29 is 4.79 Å². The molecule has 1 aromatic heterocycles. The normalized spacial score (nSPS) is 14.3. The number of carbonyl (C=O) groups is 1. The maximum atomic E-state index is 12.6. The van der Waals surface area contributed by atoms with E-state index in [1.54, 1.807) is 12.3 Å². The number of hydrogen-bond donors (Lipinski definition) is 0. The van der Waals surface area contributed by atoms with E-state index < -0.39 is 0 Å². The minimum absolute atomic E-state index is 0.0928. The number of pyridine rings is 1. The second kappa shape index (κ2) is 7.14. The van der Waals surface area contributed by atoms with Crippen LogP contribution >= 0.6 is 0 Å². The van der Waals surface area contributed by atoms with Crippen molar-refractivity contribution in [3.8, 4) is 6.07 Å². The molecule has 0 unspecified atom stereocenters. The molecular weight excluding hydrogens is 300 g/mol. The van der Waals surface area contributed by atoms with Gasteiger partial charge in [0.1, 0.15) is 11.8 Å². The average Bonchev–Trinajstić information content (AvgIpc) is 2.68. The smallest absolute Gasteiger partial charge is 0.253 e. The molecule has 2 heterocycles. The summed E-state index contributed by atoms with van der Waals surface area (Å²) < 4.78 is 0. The number of piperazine rings is 1. The zero-order valence-corrected chi connectivity index (χ0v) is 13.8. The number of nitrogens with zero attached hydrogens (tertiary/aromatic N) is 4. The first-order chi connectivity index (χ1) is 11.7. The molecule has 3 rings (SSSR count). The van der Waals surface area contributed by atoms with E-state index in [-0.39, 0.29) is 5.91 Å². The Morgan fingerprint density at radius 2 is 1.83 bits per heavy atom. The maximum Gasteiger partial charge on any atom is 0.253 e. The van der Waals surface area contributed by atoms with E-state index in [1.807, 2.05) is 41.3 Å². The Labute approximate surface area is 142 Å². The van der Waals surface area contributed by atoms with E-state index in [2.05, 4.69) is 16.8 Å². The molecule has 1 aromatic carbocycles. The van der Waals surface area contributed by atoms with Gasteiger partial charge in [-0.3, -0.25) is 4.79 Å². The van der Waals surface area contributed by atoms with Crippen molar-refractivity contribution in [2.45, 2.75) is 13.3 Å². The van der Waals surface area contributed by atoms with Gasteiger partial charge in [0.15, 0.2) is 0 Å². The molecule has 122 valence electrons. The molecule has 0 atom stereocenters. The van der Waals surface area contributed by atoms with Gasteiger partial charge in [-0.25, -0.2) is 4.98 Å². The molecule has 1 amide bonds. The molecule has 2 aromatic rings. The summed E-state index contributed by atoms with van der Waals surface area (Å²) in [5.74, 6) is 0.0928. The molecule has 1 saturated heterocycles. The third-order valence-electron chi connectivity index (χ3n) is 4.40. The van der Waals surface area contributed by atoms with Gasteiger partial charge in [-0.05, 0) is 36.2 Å². The van der Waals surface area contributed by atoms with E-state index in [0.29, 0.717) is 18.8 Å². The van der Waals surface area contributed by atoms with E-state index in [1.165, 1.54) is 5.56 Å². The lowest BCUT2D eigenvalue weighted by Gasteiger charge is -2.36. The highest BCUT2D eigenvalue weighted by molar-refractivity contribution is 5.94. The third kappa shape index (κ3) is 3.38. The van der Waals surface area contributed by atoms with Crippen molar-refractivity contribution in [2.75, 3.05) is 31.1 Å². The molecule has 24 heavy (non-hydrogen) atoms. The van der Waals surface area contributed by atoms with E-state index in [4.69, 9.17) is 5.26 Å². The first kappa shape index (κ1) is 16.0. The highest BCUT2D eigenvalue weighted by atomic mass is 16.2. The summed E-state index contributed by atoms with van der Waals surface area (Å²) in [6.45, 7) is 5.02. The number of benzene rings is 1. The topological polar surface area (TPSA) is 60.2 Å². The largest absolute Gasteiger partial charge is 0.367 e. The summed E-state index contributed by atoms with van der Waals surface area (Å²) in [4.78, 5) is 20.8. The Bertz CT molecular complexity index is 738. The fraction of sp³-hybridized carbons (Fsp3) is 0.316. The van der Waals surface area contributed by atoms with Crippen LogP contribution in [0.5, 0.6) is 0 Å². The Kier molecular flexibility index (Phi) is 4.76. The Morgan fingerprint density at radius 3 is 2.38 bits per heavy atom. The highest BCUT2D eigenvalue weighted by Gasteiger charge is 2.22. The number of aromatic nitrogens is 1. The van der Waals surface area contributed by atoms with Crippen molar-refractivity contribution >= 4 is 11.6 Å². The van der Waals surface area contributed by atoms with Crippen LogP contribution in [0.15, 0.2) is 42.6 Å². The third-order valence-corrected chi connectivity index (χ3v) is 4.40. The number of nitriles is 1. The fourth-order valence-corrected chi connectivity index (χ4v) is 2.87. The van der Waals surface area contributed by atoms with Crippen LogP contribution in [0, 0.1) is 11.3 Å². The van der Waals surface area contributed by atoms with Crippen molar-refractivity contribution in [1.82, 2.24) is 9.88 Å². The van der Waals surface area contributed by atoms with Gasteiger partial charge < -0.3 is 9.80 Å². The minimum Gasteiger partial charge on any atom is -0.367 e. The van der Waals surface area contributed by atoms with Crippen LogP contribution in [0.1, 0.15) is 28.5 Å². The zero-order chi connectivity index (χ0) is 16.9. The molecule has 0 aliphatic carbocycles. The van der Waals surface area contributed by atoms with Gasteiger partial charge in [0.25, 0.3) is 5.91 Å². The predicted molar refractivity (Wildman–Crippen MR) is 92.9 cm³/mol. The van der Waals surface area contributed by atoms with Crippen LogP contribution < -0.4 is 4.90 Å². The van der Waals surface area contributed by atoms with Crippen LogP contribution in [0.4, 0.5) is 5.69 Å². The van der Waals surface area contributed by atoms with Gasteiger partial charge >= 0.3 is 0 Å². The first-order valence-corrected chi connectivity index (χ1v) is 8.20. The van der Waals surface area contributed by atoms with Gasteiger partial charge in [-0.1, -0.05) is 19.1 Å². The molecule has 1 aliphatic rings. The van der Waals surface area contributed by atoms with Gasteiger partial charge in [0.2, 0.25) is 0 Å². The minimum atomic E-state index is 0.0928. The summed E-state index contributed by atoms with van der Waals surface area (Å²) in [5, 5.41) is 8.81. The molecule has 1 fully saturated rings. The Hall–Kier alpha value is -2.87. The summed E-state index contributed by atoms with van der Waals surface area (Å²) in [7, 11) is 0. The average molecular weight is 320 g/mol. The van der Waals surface area contributed by atoms with Crippen molar-refractivity contribution in [3.05, 3.63) is 59.4 Å². The van der Waals surface area contributed by atoms with Crippen LogP contribution in [0.25, 0.3) is 0 Å². The second-order valence-electron chi connectivity index (χ2n) is 5.84. The van der Waals surface area contributed by atoms with Crippen LogP contribution in [0.2, 0.25) is 0 Å². The van der Waals surface area contributed by atoms with Crippen LogP contribution in [-0.4, -0.2) is 42.0 Å². The van der Waals surface area contributed by atoms with E-state index in [9.17, 15) is 4.79 Å². The lowest BCUT2D eigenvalue weighted by atomic mass is 10.1. The number of rotatable bonds is 3. The molecule has 5 heteroatoms. The molecule has 0 saturated carbocycles. The standard InChI is InChI=1S/C19H20N4O/c1-2-15-3-5-16(6-4-15)19(24)23-11-9-22(10-12-23)18-8-7-17(13-20)21-14-18/h3-8,14H,2,9-12H2,1H3. The monoisotopic (exact) mass is 320 g/mol. The molecule has 0 N–H and O–H groups in total. The second-order valence-corrected chi connectivity index (χ2v) is 5.84. The van der Waals surface area contributed by atoms with Crippen molar-refractivity contribution in [2.24, 2.45) is 0 Å².